The van der Waals surface area contributed by atoms with Crippen molar-refractivity contribution in [2.45, 2.75) is 67.4 Å². The number of hydrogen-bond donors (Lipinski definition) is 0. The Morgan fingerprint density at radius 1 is 0.625 bits per heavy atom. The van der Waals surface area contributed by atoms with Gasteiger partial charge in [-0.3, -0.25) is 0 Å². The summed E-state index contributed by atoms with van der Waals surface area (Å²) in [5.74, 6) is 0.807. The van der Waals surface area contributed by atoms with Crippen LogP contribution in [-0.4, -0.2) is 42.7 Å². The third-order valence-corrected chi connectivity index (χ3v) is 6.51. The van der Waals surface area contributed by atoms with Crippen molar-refractivity contribution in [1.82, 2.24) is 0 Å². The number of rotatable bonds is 5. The molecule has 216 valence electrons. The van der Waals surface area contributed by atoms with E-state index in [4.69, 9.17) is 31.9 Å². The van der Waals surface area contributed by atoms with Gasteiger partial charge in [-0.2, -0.15) is 0 Å². The molecule has 0 N–H and O–H groups in total. The van der Waals surface area contributed by atoms with Crippen LogP contribution in [0, 0.1) is 0 Å². The topological polar surface area (TPSA) is 128 Å². The Kier molecular flexibility index (Phi) is 11.2. The van der Waals surface area contributed by atoms with Gasteiger partial charge < -0.3 is 23.5 Å². The summed E-state index contributed by atoms with van der Waals surface area (Å²) < 4.78 is 48.3. The van der Waals surface area contributed by atoms with Gasteiger partial charge in [-0.15, -0.1) is 0 Å². The number of carbonyl (C=O) groups excluding carboxylic acids is 2. The molecule has 3 aromatic rings. The lowest BCUT2D eigenvalue weighted by Crippen LogP contribution is -2.26. The van der Waals surface area contributed by atoms with Crippen LogP contribution in [0.5, 0.6) is 11.5 Å². The molecule has 0 heterocycles. The highest BCUT2D eigenvalue weighted by Crippen LogP contribution is 2.33. The number of hydrogen-bond acceptors (Lipinski definition) is 9. The van der Waals surface area contributed by atoms with Crippen LogP contribution >= 0.6 is 0 Å². The molecule has 11 heteroatoms. The van der Waals surface area contributed by atoms with E-state index >= 15 is 0 Å². The van der Waals surface area contributed by atoms with Crippen LogP contribution in [-0.2, 0) is 30.5 Å². The molecule has 0 saturated carbocycles. The van der Waals surface area contributed by atoms with Gasteiger partial charge in [-0.1, -0.05) is 18.2 Å². The molecule has 3 aromatic carbocycles. The minimum absolute atomic E-state index is 0.403. The molecule has 0 unspecified atom stereocenters. The SMILES string of the molecule is CC(C)(C)OC(=O)Oc1ccc([S+](c2ccccc2)c2ccc(OC(=O)OC(C)(C)C)cc2)cc1.CS(=O)(=O)[O-]. The van der Waals surface area contributed by atoms with Gasteiger partial charge in [0.2, 0.25) is 0 Å². The zero-order chi connectivity index (χ0) is 30.1. The molecule has 0 amide bonds. The first kappa shape index (κ1) is 32.7. The van der Waals surface area contributed by atoms with Gasteiger partial charge in [-0.25, -0.2) is 18.0 Å². The Balaban J connectivity index is 0.00000103. The van der Waals surface area contributed by atoms with Crippen molar-refractivity contribution in [3.05, 3.63) is 78.9 Å². The lowest BCUT2D eigenvalue weighted by molar-refractivity contribution is 0.0193. The van der Waals surface area contributed by atoms with Crippen molar-refractivity contribution in [2.24, 2.45) is 0 Å². The number of carbonyl (C=O) groups is 2. The maximum absolute atomic E-state index is 12.0. The van der Waals surface area contributed by atoms with E-state index in [2.05, 4.69) is 12.1 Å². The van der Waals surface area contributed by atoms with E-state index in [9.17, 15) is 9.59 Å². The van der Waals surface area contributed by atoms with Crippen LogP contribution in [0.2, 0.25) is 0 Å². The van der Waals surface area contributed by atoms with Crippen LogP contribution in [0.25, 0.3) is 0 Å². The highest BCUT2D eigenvalue weighted by Gasteiger charge is 2.29. The third-order valence-electron chi connectivity index (χ3n) is 4.28. The summed E-state index contributed by atoms with van der Waals surface area (Å²) in [4.78, 5) is 27.2. The summed E-state index contributed by atoms with van der Waals surface area (Å²) in [7, 11) is -4.35. The van der Waals surface area contributed by atoms with Gasteiger partial charge in [0.05, 0.1) is 21.0 Å². The molecule has 40 heavy (non-hydrogen) atoms. The van der Waals surface area contributed by atoms with Gasteiger partial charge in [-0.05, 0) is 102 Å². The highest BCUT2D eigenvalue weighted by atomic mass is 32.2. The van der Waals surface area contributed by atoms with Crippen LogP contribution in [0.1, 0.15) is 41.5 Å². The second kappa shape index (κ2) is 13.7. The molecule has 0 aliphatic rings. The van der Waals surface area contributed by atoms with Crippen molar-refractivity contribution in [1.29, 1.82) is 0 Å². The standard InChI is InChI=1S/C28H31O6S.CH4O3S/c1-27(2,3)33-25(29)31-20-12-16-23(17-13-20)35(22-10-8-7-9-11-22)24-18-14-21(15-19-24)32-26(30)34-28(4,5)6;1-5(2,3)4/h7-19H,1-6H3;1H3,(H,2,3,4)/q+1;/p-1. The molecule has 3 rings (SSSR count). The lowest BCUT2D eigenvalue weighted by atomic mass is 10.2. The monoisotopic (exact) mass is 590 g/mol. The normalized spacial score (nSPS) is 11.6. The number of benzene rings is 3. The zero-order valence-electron chi connectivity index (χ0n) is 23.5. The molecular formula is C29H34O9S2. The fourth-order valence-corrected chi connectivity index (χ4v) is 5.05. The minimum atomic E-state index is -3.92. The molecule has 0 bridgehead atoms. The maximum atomic E-state index is 12.0. The molecule has 0 radical (unpaired) electrons. The van der Waals surface area contributed by atoms with E-state index in [1.54, 1.807) is 65.8 Å². The van der Waals surface area contributed by atoms with Crippen molar-refractivity contribution in [2.75, 3.05) is 6.26 Å². The van der Waals surface area contributed by atoms with E-state index in [1.807, 2.05) is 42.5 Å². The Labute approximate surface area is 238 Å². The molecule has 0 saturated heterocycles. The summed E-state index contributed by atoms with van der Waals surface area (Å²) in [6.07, 6.45) is -0.881. The van der Waals surface area contributed by atoms with E-state index < -0.39 is 44.5 Å². The molecule has 0 fully saturated rings. The van der Waals surface area contributed by atoms with Gasteiger partial charge >= 0.3 is 12.3 Å². The largest absolute Gasteiger partial charge is 0.748 e. The molecule has 9 nitrogen and oxygen atoms in total. The summed E-state index contributed by atoms with van der Waals surface area (Å²) in [6.45, 7) is 10.7. The molecule has 0 aliphatic carbocycles. The second-order valence-electron chi connectivity index (χ2n) is 10.4. The first-order valence-corrected chi connectivity index (χ1v) is 15.2. The average Bonchev–Trinajstić information content (AvgIpc) is 2.79. The Morgan fingerprint density at radius 2 is 0.925 bits per heavy atom. The van der Waals surface area contributed by atoms with Crippen molar-refractivity contribution >= 4 is 33.3 Å². The Hall–Kier alpha value is -3.54. The molecule has 0 aliphatic heterocycles. The first-order chi connectivity index (χ1) is 18.4. The summed E-state index contributed by atoms with van der Waals surface area (Å²) in [5.41, 5.74) is -1.26. The maximum Gasteiger partial charge on any atom is 0.514 e. The molecule has 0 atom stereocenters. The molecule has 0 aromatic heterocycles. The summed E-state index contributed by atoms with van der Waals surface area (Å²) in [6, 6.07) is 24.8. The van der Waals surface area contributed by atoms with E-state index in [0.29, 0.717) is 17.8 Å². The average molecular weight is 591 g/mol. The quantitative estimate of drug-likeness (QED) is 0.140. The van der Waals surface area contributed by atoms with Crippen molar-refractivity contribution < 1.29 is 41.5 Å². The molecule has 0 spiro atoms. The van der Waals surface area contributed by atoms with Crippen molar-refractivity contribution in [3.63, 3.8) is 0 Å². The Morgan fingerprint density at radius 3 is 1.23 bits per heavy atom. The van der Waals surface area contributed by atoms with E-state index in [-0.39, 0.29) is 0 Å². The van der Waals surface area contributed by atoms with Crippen LogP contribution in [0.4, 0.5) is 9.59 Å². The highest BCUT2D eigenvalue weighted by molar-refractivity contribution is 7.97. The third kappa shape index (κ3) is 13.0. The van der Waals surface area contributed by atoms with Gasteiger partial charge in [0, 0.05) is 6.26 Å². The predicted molar refractivity (Wildman–Crippen MR) is 151 cm³/mol. The van der Waals surface area contributed by atoms with Gasteiger partial charge in [0.15, 0.2) is 14.7 Å². The second-order valence-corrected chi connectivity index (χ2v) is 13.8. The Bertz CT molecular complexity index is 1270. The van der Waals surface area contributed by atoms with Crippen molar-refractivity contribution in [3.8, 4) is 11.5 Å². The van der Waals surface area contributed by atoms with Crippen LogP contribution in [0.15, 0.2) is 93.5 Å². The van der Waals surface area contributed by atoms with Gasteiger partial charge in [0.25, 0.3) is 0 Å². The van der Waals surface area contributed by atoms with Gasteiger partial charge in [0.1, 0.15) is 22.7 Å². The summed E-state index contributed by atoms with van der Waals surface area (Å²) >= 11 is 0. The molecular weight excluding hydrogens is 556 g/mol. The minimum Gasteiger partial charge on any atom is -0.748 e. The van der Waals surface area contributed by atoms with Crippen LogP contribution < -0.4 is 9.47 Å². The first-order valence-electron chi connectivity index (χ1n) is 12.1. The fraction of sp³-hybridized carbons (Fsp3) is 0.310. The fourth-order valence-electron chi connectivity index (χ4n) is 2.99. The number of ether oxygens (including phenoxy) is 4. The zero-order valence-corrected chi connectivity index (χ0v) is 25.1. The lowest BCUT2D eigenvalue weighted by Gasteiger charge is -2.18. The predicted octanol–water partition coefficient (Wildman–Crippen LogP) is 6.57. The summed E-state index contributed by atoms with van der Waals surface area (Å²) in [5, 5.41) is 0. The smallest absolute Gasteiger partial charge is 0.514 e. The van der Waals surface area contributed by atoms with E-state index in [1.165, 1.54) is 0 Å². The van der Waals surface area contributed by atoms with E-state index in [0.717, 1.165) is 14.7 Å². The van der Waals surface area contributed by atoms with Crippen LogP contribution in [0.3, 0.4) is 0 Å².